The number of esters is 1. The van der Waals surface area contributed by atoms with Gasteiger partial charge in [-0.2, -0.15) is 13.2 Å². The molecule has 10 heteroatoms. The Bertz CT molecular complexity index is 864. The summed E-state index contributed by atoms with van der Waals surface area (Å²) in [5, 5.41) is 12.8. The van der Waals surface area contributed by atoms with E-state index >= 15 is 0 Å². The molecule has 4 saturated carbocycles. The lowest BCUT2D eigenvalue weighted by Crippen LogP contribution is -2.50. The number of anilines is 1. The first kappa shape index (κ1) is 20.6. The van der Waals surface area contributed by atoms with Gasteiger partial charge < -0.3 is 10.1 Å². The Labute approximate surface area is 170 Å². The fraction of sp³-hybridized carbons (Fsp3) is 0.600. The Kier molecular flexibility index (Phi) is 4.98. The number of nitrogens with one attached hydrogen (secondary N) is 1. The van der Waals surface area contributed by atoms with Gasteiger partial charge >= 0.3 is 12.1 Å². The number of amides is 1. The molecule has 0 radical (unpaired) electrons. The lowest BCUT2D eigenvalue weighted by Gasteiger charge is -2.55. The summed E-state index contributed by atoms with van der Waals surface area (Å²) in [5.41, 5.74) is -3.27. The van der Waals surface area contributed by atoms with Gasteiger partial charge in [0.1, 0.15) is 0 Å². The molecule has 0 atom stereocenters. The number of benzene rings is 1. The van der Waals surface area contributed by atoms with Gasteiger partial charge in [0, 0.05) is 12.1 Å². The van der Waals surface area contributed by atoms with E-state index in [1.807, 2.05) is 0 Å². The molecule has 0 aromatic heterocycles. The molecular formula is C20H21F3N2O5. The number of nitrogens with zero attached hydrogens (tertiary/aromatic N) is 1. The second-order valence-corrected chi connectivity index (χ2v) is 8.81. The third kappa shape index (κ3) is 3.87. The zero-order valence-corrected chi connectivity index (χ0v) is 16.0. The monoisotopic (exact) mass is 426 g/mol. The van der Waals surface area contributed by atoms with Crippen molar-refractivity contribution in [3.63, 3.8) is 0 Å². The van der Waals surface area contributed by atoms with Gasteiger partial charge in [0.25, 0.3) is 11.6 Å². The number of nitro groups is 1. The topological polar surface area (TPSA) is 98.5 Å². The average molecular weight is 426 g/mol. The van der Waals surface area contributed by atoms with Crippen molar-refractivity contribution in [1.82, 2.24) is 0 Å². The maximum Gasteiger partial charge on any atom is 0.418 e. The zero-order chi connectivity index (χ0) is 21.7. The van der Waals surface area contributed by atoms with Gasteiger partial charge in [-0.05, 0) is 62.3 Å². The molecule has 0 heterocycles. The smallest absolute Gasteiger partial charge is 0.418 e. The van der Waals surface area contributed by atoms with Gasteiger partial charge in [-0.1, -0.05) is 0 Å². The predicted molar refractivity (Wildman–Crippen MR) is 98.3 cm³/mol. The third-order valence-corrected chi connectivity index (χ3v) is 6.60. The van der Waals surface area contributed by atoms with Crippen molar-refractivity contribution < 1.29 is 32.4 Å². The van der Waals surface area contributed by atoms with Gasteiger partial charge in [0.05, 0.1) is 21.6 Å². The Morgan fingerprint density at radius 2 is 1.70 bits per heavy atom. The van der Waals surface area contributed by atoms with Crippen LogP contribution in [-0.2, 0) is 20.5 Å². The number of carbonyl (C=O) groups is 2. The van der Waals surface area contributed by atoms with Gasteiger partial charge in [0.15, 0.2) is 6.61 Å². The highest BCUT2D eigenvalue weighted by molar-refractivity contribution is 5.94. The maximum absolute atomic E-state index is 13.2. The second kappa shape index (κ2) is 7.24. The van der Waals surface area contributed by atoms with E-state index in [9.17, 15) is 32.9 Å². The molecule has 30 heavy (non-hydrogen) atoms. The van der Waals surface area contributed by atoms with Crippen molar-refractivity contribution in [2.24, 2.45) is 23.2 Å². The number of hydrogen-bond donors (Lipinski definition) is 1. The van der Waals surface area contributed by atoms with Crippen LogP contribution in [0.25, 0.3) is 0 Å². The van der Waals surface area contributed by atoms with Crippen molar-refractivity contribution in [1.29, 1.82) is 0 Å². The summed E-state index contributed by atoms with van der Waals surface area (Å²) in [5.74, 6) is 0.148. The molecule has 162 valence electrons. The fourth-order valence-electron chi connectivity index (χ4n) is 5.82. The average Bonchev–Trinajstić information content (AvgIpc) is 2.64. The van der Waals surface area contributed by atoms with Crippen molar-refractivity contribution in [2.75, 3.05) is 11.9 Å². The Morgan fingerprint density at radius 3 is 2.20 bits per heavy atom. The molecule has 1 aromatic carbocycles. The van der Waals surface area contributed by atoms with Gasteiger partial charge in [-0.3, -0.25) is 19.7 Å². The minimum absolute atomic E-state index is 0.358. The highest BCUT2D eigenvalue weighted by Crippen LogP contribution is 2.60. The number of nitro benzene ring substituents is 1. The largest absolute Gasteiger partial charge is 0.455 e. The molecular weight excluding hydrogens is 405 g/mol. The predicted octanol–water partition coefficient (Wildman–Crippen LogP) is 4.31. The van der Waals surface area contributed by atoms with Crippen LogP contribution in [0.1, 0.15) is 44.1 Å². The Morgan fingerprint density at radius 1 is 1.13 bits per heavy atom. The highest BCUT2D eigenvalue weighted by Gasteiger charge is 2.55. The summed E-state index contributed by atoms with van der Waals surface area (Å²) < 4.78 is 44.9. The van der Waals surface area contributed by atoms with E-state index in [0.29, 0.717) is 23.8 Å². The van der Waals surface area contributed by atoms with E-state index in [0.717, 1.165) is 50.7 Å². The van der Waals surface area contributed by atoms with Crippen molar-refractivity contribution in [3.8, 4) is 0 Å². The van der Waals surface area contributed by atoms with E-state index in [2.05, 4.69) is 5.32 Å². The molecule has 0 spiro atoms. The summed E-state index contributed by atoms with van der Waals surface area (Å²) in [7, 11) is 0. The molecule has 1 aromatic rings. The van der Waals surface area contributed by atoms with Crippen LogP contribution in [0.2, 0.25) is 0 Å². The number of hydrogen-bond acceptors (Lipinski definition) is 5. The van der Waals surface area contributed by atoms with Crippen LogP contribution >= 0.6 is 0 Å². The van der Waals surface area contributed by atoms with E-state index in [4.69, 9.17) is 4.74 Å². The number of halogens is 3. The molecule has 4 bridgehead atoms. The Balaban J connectivity index is 1.41. The van der Waals surface area contributed by atoms with Crippen LogP contribution in [-0.4, -0.2) is 23.4 Å². The van der Waals surface area contributed by atoms with Crippen LogP contribution in [0.15, 0.2) is 18.2 Å². The van der Waals surface area contributed by atoms with E-state index < -0.39 is 51.9 Å². The van der Waals surface area contributed by atoms with E-state index in [1.165, 1.54) is 0 Å². The number of alkyl halides is 3. The summed E-state index contributed by atoms with van der Waals surface area (Å²) in [6, 6.07) is 2.04. The van der Waals surface area contributed by atoms with Gasteiger partial charge in [-0.25, -0.2) is 0 Å². The standard InChI is InChI=1S/C20H21F3N2O5/c21-20(22,23)15-6-14(25(28)29)1-2-16(15)24-17(26)10-30-18(27)19-7-11-3-12(8-19)5-13(4-11)9-19/h1-2,6,11-13H,3-5,7-10H2,(H,24,26). The van der Waals surface area contributed by atoms with E-state index in [-0.39, 0.29) is 0 Å². The first-order valence-electron chi connectivity index (χ1n) is 9.88. The van der Waals surface area contributed by atoms with Gasteiger partial charge in [0.2, 0.25) is 0 Å². The first-order valence-corrected chi connectivity index (χ1v) is 9.88. The summed E-state index contributed by atoms with van der Waals surface area (Å²) in [6.45, 7) is -0.700. The molecule has 7 nitrogen and oxygen atoms in total. The SMILES string of the molecule is O=C(COC(=O)C12CC3CC(CC(C3)C1)C2)Nc1ccc([N+](=O)[O-])cc1C(F)(F)F. The molecule has 0 saturated heterocycles. The first-order chi connectivity index (χ1) is 14.1. The van der Waals surface area contributed by atoms with Crippen LogP contribution in [0.4, 0.5) is 24.5 Å². The van der Waals surface area contributed by atoms with Crippen molar-refractivity contribution in [2.45, 2.75) is 44.7 Å². The molecule has 4 aliphatic carbocycles. The number of ether oxygens (including phenoxy) is 1. The zero-order valence-electron chi connectivity index (χ0n) is 16.0. The highest BCUT2D eigenvalue weighted by atomic mass is 19.4. The lowest BCUT2D eigenvalue weighted by molar-refractivity contribution is -0.385. The number of rotatable bonds is 5. The fourth-order valence-corrected chi connectivity index (χ4v) is 5.82. The molecule has 5 rings (SSSR count). The summed E-state index contributed by atoms with van der Waals surface area (Å²) >= 11 is 0. The lowest BCUT2D eigenvalue weighted by atomic mass is 9.49. The minimum Gasteiger partial charge on any atom is -0.455 e. The molecule has 4 fully saturated rings. The van der Waals surface area contributed by atoms with Crippen LogP contribution < -0.4 is 5.32 Å². The molecule has 4 aliphatic rings. The van der Waals surface area contributed by atoms with Gasteiger partial charge in [-0.15, -0.1) is 0 Å². The second-order valence-electron chi connectivity index (χ2n) is 8.81. The summed E-state index contributed by atoms with van der Waals surface area (Å²) in [4.78, 5) is 34.7. The van der Waals surface area contributed by atoms with Crippen molar-refractivity contribution in [3.05, 3.63) is 33.9 Å². The number of carbonyl (C=O) groups excluding carboxylic acids is 2. The molecule has 1 amide bonds. The molecule has 0 unspecified atom stereocenters. The normalized spacial score (nSPS) is 29.5. The molecule has 0 aliphatic heterocycles. The van der Waals surface area contributed by atoms with Crippen molar-refractivity contribution >= 4 is 23.3 Å². The van der Waals surface area contributed by atoms with E-state index in [1.54, 1.807) is 0 Å². The quantitative estimate of drug-likeness (QED) is 0.430. The maximum atomic E-state index is 13.2. The minimum atomic E-state index is -4.90. The third-order valence-electron chi connectivity index (χ3n) is 6.60. The van der Waals surface area contributed by atoms with Crippen LogP contribution in [0.3, 0.4) is 0 Å². The molecule has 1 N–H and O–H groups in total. The Hall–Kier alpha value is -2.65. The van der Waals surface area contributed by atoms with Crippen LogP contribution in [0.5, 0.6) is 0 Å². The number of non-ortho nitro benzene ring substituents is 1. The summed E-state index contributed by atoms with van der Waals surface area (Å²) in [6.07, 6.45) is 0.749. The van der Waals surface area contributed by atoms with Crippen LogP contribution in [0, 0.1) is 33.3 Å².